The first-order valence-corrected chi connectivity index (χ1v) is 9.66. The van der Waals surface area contributed by atoms with Gasteiger partial charge in [-0.15, -0.1) is 0 Å². The Kier molecular flexibility index (Phi) is 5.46. The van der Waals surface area contributed by atoms with Crippen LogP contribution in [0.3, 0.4) is 0 Å². The van der Waals surface area contributed by atoms with Gasteiger partial charge in [0.05, 0.1) is 19.8 Å². The number of hydrogen-bond acceptors (Lipinski definition) is 5. The summed E-state index contributed by atoms with van der Waals surface area (Å²) in [6.07, 6.45) is 2.07. The summed E-state index contributed by atoms with van der Waals surface area (Å²) < 4.78 is 11.4. The number of benzene rings is 2. The van der Waals surface area contributed by atoms with E-state index in [1.54, 1.807) is 7.11 Å². The van der Waals surface area contributed by atoms with E-state index in [1.807, 2.05) is 31.3 Å². The minimum absolute atomic E-state index is 0.0919. The molecule has 1 aliphatic heterocycles. The normalized spacial score (nSPS) is 17.6. The molecule has 1 fully saturated rings. The highest BCUT2D eigenvalue weighted by atomic mass is 16.5. The number of pyridine rings is 1. The summed E-state index contributed by atoms with van der Waals surface area (Å²) in [5.74, 6) is 1.87. The minimum atomic E-state index is 0.0919. The van der Waals surface area contributed by atoms with Crippen LogP contribution >= 0.6 is 0 Å². The van der Waals surface area contributed by atoms with Gasteiger partial charge in [0, 0.05) is 39.9 Å². The summed E-state index contributed by atoms with van der Waals surface area (Å²) in [5, 5.41) is 2.39. The van der Waals surface area contributed by atoms with Crippen molar-refractivity contribution in [3.63, 3.8) is 0 Å². The van der Waals surface area contributed by atoms with E-state index in [9.17, 15) is 0 Å². The van der Waals surface area contributed by atoms with Gasteiger partial charge in [0.25, 0.3) is 0 Å². The summed E-state index contributed by atoms with van der Waals surface area (Å²) in [7, 11) is 5.71. The smallest absolute Gasteiger partial charge is 0.127 e. The standard InChI is InChI=1S/C23H27N3O2/c1-25(2)23-9-4-17(14-24-23)15-26-10-11-28-22(16-26)20-6-5-19-13-21(27-3)8-7-18(19)12-20/h4-9,12-14,22H,10-11,15-16H2,1-3H3/t22-/m0/s1. The van der Waals surface area contributed by atoms with Gasteiger partial charge < -0.3 is 14.4 Å². The number of morpholine rings is 1. The van der Waals surface area contributed by atoms with E-state index in [1.165, 1.54) is 21.9 Å². The SMILES string of the molecule is COc1ccc2cc([C@@H]3CN(Cc4ccc(N(C)C)nc4)CCO3)ccc2c1. The van der Waals surface area contributed by atoms with Gasteiger partial charge in [-0.3, -0.25) is 4.90 Å². The van der Waals surface area contributed by atoms with Crippen LogP contribution in [-0.2, 0) is 11.3 Å². The molecule has 0 spiro atoms. The molecule has 0 N–H and O–H groups in total. The summed E-state index contributed by atoms with van der Waals surface area (Å²) in [5.41, 5.74) is 2.46. The van der Waals surface area contributed by atoms with Crippen molar-refractivity contribution in [1.82, 2.24) is 9.88 Å². The second-order valence-electron chi connectivity index (χ2n) is 7.49. The number of methoxy groups -OCH3 is 1. The molecule has 0 amide bonds. The van der Waals surface area contributed by atoms with Crippen LogP contribution < -0.4 is 9.64 Å². The summed E-state index contributed by atoms with van der Waals surface area (Å²) in [4.78, 5) is 8.99. The zero-order valence-corrected chi connectivity index (χ0v) is 16.8. The molecule has 5 nitrogen and oxygen atoms in total. The molecular formula is C23H27N3O2. The summed E-state index contributed by atoms with van der Waals surface area (Å²) in [6.45, 7) is 3.47. The number of rotatable bonds is 5. The van der Waals surface area contributed by atoms with Gasteiger partial charge in [0.1, 0.15) is 11.6 Å². The Hall–Kier alpha value is -2.63. The molecule has 0 unspecified atom stereocenters. The first-order chi connectivity index (χ1) is 13.6. The van der Waals surface area contributed by atoms with Crippen LogP contribution in [0, 0.1) is 0 Å². The Morgan fingerprint density at radius 2 is 1.93 bits per heavy atom. The Morgan fingerprint density at radius 3 is 2.68 bits per heavy atom. The van der Waals surface area contributed by atoms with Crippen molar-refractivity contribution in [2.75, 3.05) is 45.8 Å². The van der Waals surface area contributed by atoms with E-state index in [0.717, 1.165) is 37.8 Å². The molecule has 4 rings (SSSR count). The molecule has 1 aromatic heterocycles. The van der Waals surface area contributed by atoms with E-state index in [4.69, 9.17) is 9.47 Å². The van der Waals surface area contributed by atoms with Crippen molar-refractivity contribution in [1.29, 1.82) is 0 Å². The number of hydrogen-bond donors (Lipinski definition) is 0. The number of ether oxygens (including phenoxy) is 2. The van der Waals surface area contributed by atoms with E-state index in [-0.39, 0.29) is 6.10 Å². The van der Waals surface area contributed by atoms with Crippen molar-refractivity contribution in [2.45, 2.75) is 12.6 Å². The zero-order chi connectivity index (χ0) is 19.5. The molecule has 3 aromatic rings. The van der Waals surface area contributed by atoms with Crippen LogP contribution in [0.1, 0.15) is 17.2 Å². The third-order valence-electron chi connectivity index (χ3n) is 5.27. The van der Waals surface area contributed by atoms with Crippen molar-refractivity contribution >= 4 is 16.6 Å². The van der Waals surface area contributed by atoms with Gasteiger partial charge in [-0.1, -0.05) is 24.3 Å². The van der Waals surface area contributed by atoms with Gasteiger partial charge in [0.2, 0.25) is 0 Å². The molecule has 2 heterocycles. The second-order valence-corrected chi connectivity index (χ2v) is 7.49. The molecule has 146 valence electrons. The third-order valence-corrected chi connectivity index (χ3v) is 5.27. The van der Waals surface area contributed by atoms with Crippen LogP contribution in [0.25, 0.3) is 10.8 Å². The molecular weight excluding hydrogens is 350 g/mol. The molecule has 0 aliphatic carbocycles. The highest BCUT2D eigenvalue weighted by molar-refractivity contribution is 5.84. The molecule has 1 saturated heterocycles. The minimum Gasteiger partial charge on any atom is -0.497 e. The fourth-order valence-electron chi connectivity index (χ4n) is 3.65. The fourth-order valence-corrected chi connectivity index (χ4v) is 3.65. The molecule has 28 heavy (non-hydrogen) atoms. The predicted molar refractivity (Wildman–Crippen MR) is 113 cm³/mol. The Balaban J connectivity index is 1.46. The second kappa shape index (κ2) is 8.17. The molecule has 1 aliphatic rings. The largest absolute Gasteiger partial charge is 0.497 e. The molecule has 0 bridgehead atoms. The van der Waals surface area contributed by atoms with Crippen LogP contribution in [-0.4, -0.2) is 50.8 Å². The maximum absolute atomic E-state index is 6.09. The Labute approximate surface area is 166 Å². The Morgan fingerprint density at radius 1 is 1.11 bits per heavy atom. The lowest BCUT2D eigenvalue weighted by molar-refractivity contribution is -0.0328. The predicted octanol–water partition coefficient (Wildman–Crippen LogP) is 3.88. The van der Waals surface area contributed by atoms with E-state index in [2.05, 4.69) is 52.3 Å². The maximum Gasteiger partial charge on any atom is 0.127 e. The van der Waals surface area contributed by atoms with Crippen LogP contribution in [0.4, 0.5) is 5.82 Å². The van der Waals surface area contributed by atoms with Gasteiger partial charge >= 0.3 is 0 Å². The number of nitrogens with zero attached hydrogens (tertiary/aromatic N) is 3. The first-order valence-electron chi connectivity index (χ1n) is 9.66. The number of fused-ring (bicyclic) bond motifs is 1. The van der Waals surface area contributed by atoms with Crippen LogP contribution in [0.15, 0.2) is 54.7 Å². The molecule has 2 aromatic carbocycles. The van der Waals surface area contributed by atoms with Gasteiger partial charge in [-0.2, -0.15) is 0 Å². The molecule has 1 atom stereocenters. The highest BCUT2D eigenvalue weighted by Gasteiger charge is 2.22. The quantitative estimate of drug-likeness (QED) is 0.675. The average molecular weight is 377 g/mol. The fraction of sp³-hybridized carbons (Fsp3) is 0.348. The van der Waals surface area contributed by atoms with E-state index in [0.29, 0.717) is 0 Å². The third kappa shape index (κ3) is 4.11. The lowest BCUT2D eigenvalue weighted by Gasteiger charge is -2.33. The van der Waals surface area contributed by atoms with E-state index < -0.39 is 0 Å². The number of aromatic nitrogens is 1. The summed E-state index contributed by atoms with van der Waals surface area (Å²) in [6, 6.07) is 17.0. The topological polar surface area (TPSA) is 37.8 Å². The van der Waals surface area contributed by atoms with Crippen molar-refractivity contribution in [3.05, 3.63) is 65.9 Å². The van der Waals surface area contributed by atoms with Crippen LogP contribution in [0.2, 0.25) is 0 Å². The van der Waals surface area contributed by atoms with E-state index >= 15 is 0 Å². The highest BCUT2D eigenvalue weighted by Crippen LogP contribution is 2.28. The van der Waals surface area contributed by atoms with Crippen LogP contribution in [0.5, 0.6) is 5.75 Å². The van der Waals surface area contributed by atoms with Gasteiger partial charge in [-0.05, 0) is 46.2 Å². The molecule has 0 saturated carbocycles. The number of anilines is 1. The average Bonchev–Trinajstić information content (AvgIpc) is 2.73. The zero-order valence-electron chi connectivity index (χ0n) is 16.8. The van der Waals surface area contributed by atoms with Gasteiger partial charge in [-0.25, -0.2) is 4.98 Å². The van der Waals surface area contributed by atoms with Crippen molar-refractivity contribution in [2.24, 2.45) is 0 Å². The van der Waals surface area contributed by atoms with Gasteiger partial charge in [0.15, 0.2) is 0 Å². The lowest BCUT2D eigenvalue weighted by Crippen LogP contribution is -2.37. The molecule has 0 radical (unpaired) electrons. The van der Waals surface area contributed by atoms with Crippen molar-refractivity contribution in [3.8, 4) is 5.75 Å². The monoisotopic (exact) mass is 377 g/mol. The Bertz CT molecular complexity index is 940. The first kappa shape index (κ1) is 18.7. The summed E-state index contributed by atoms with van der Waals surface area (Å²) >= 11 is 0. The molecule has 5 heteroatoms. The maximum atomic E-state index is 6.09. The lowest BCUT2D eigenvalue weighted by atomic mass is 10.0. The van der Waals surface area contributed by atoms with Crippen molar-refractivity contribution < 1.29 is 9.47 Å².